The number of unbranched alkanes of at least 4 members (excludes halogenated alkanes) is 17. The first-order valence-corrected chi connectivity index (χ1v) is 15.9. The Morgan fingerprint density at radius 1 is 0.676 bits per heavy atom. The van der Waals surface area contributed by atoms with Crippen LogP contribution in [-0.4, -0.2) is 55.3 Å². The maximum Gasteiger partial charge on any atom is 0.307 e. The fraction of sp³-hybridized carbons (Fsp3) is 0.938. The van der Waals surface area contributed by atoms with Gasteiger partial charge < -0.3 is 14.3 Å². The van der Waals surface area contributed by atoms with Crippen LogP contribution in [-0.2, 0) is 14.3 Å². The number of aliphatic carboxylic acids is 1. The molecule has 0 saturated carbocycles. The number of rotatable bonds is 27. The third-order valence-electron chi connectivity index (χ3n) is 7.34. The summed E-state index contributed by atoms with van der Waals surface area (Å²) in [4.78, 5) is 23.3. The number of hydrogen-bond acceptors (Lipinski definition) is 3. The van der Waals surface area contributed by atoms with Crippen molar-refractivity contribution in [2.24, 2.45) is 5.92 Å². The second-order valence-corrected chi connectivity index (χ2v) is 12.6. The summed E-state index contributed by atoms with van der Waals surface area (Å²) in [7, 11) is 5.93. The van der Waals surface area contributed by atoms with Gasteiger partial charge in [0.1, 0.15) is 6.54 Å². The van der Waals surface area contributed by atoms with Gasteiger partial charge in [-0.2, -0.15) is 0 Å². The summed E-state index contributed by atoms with van der Waals surface area (Å²) < 4.78 is 6.06. The summed E-state index contributed by atoms with van der Waals surface area (Å²) in [5.41, 5.74) is 0. The van der Waals surface area contributed by atoms with Crippen LogP contribution in [0.5, 0.6) is 0 Å². The Bertz CT molecular complexity index is 543. The number of quaternary nitrogens is 1. The molecule has 2 unspecified atom stereocenters. The van der Waals surface area contributed by atoms with Crippen molar-refractivity contribution in [3.8, 4) is 0 Å². The van der Waals surface area contributed by atoms with E-state index in [2.05, 4.69) is 13.8 Å². The fourth-order valence-electron chi connectivity index (χ4n) is 5.10. The van der Waals surface area contributed by atoms with Crippen LogP contribution in [0, 0.1) is 5.92 Å². The van der Waals surface area contributed by atoms with Crippen LogP contribution >= 0.6 is 0 Å². The van der Waals surface area contributed by atoms with Gasteiger partial charge in [0, 0.05) is 6.42 Å². The molecule has 0 aromatic heterocycles. The third-order valence-corrected chi connectivity index (χ3v) is 7.34. The Morgan fingerprint density at radius 3 is 1.46 bits per heavy atom. The van der Waals surface area contributed by atoms with Crippen molar-refractivity contribution in [2.75, 3.05) is 27.7 Å². The van der Waals surface area contributed by atoms with Crippen LogP contribution in [0.4, 0.5) is 0 Å². The van der Waals surface area contributed by atoms with E-state index in [0.29, 0.717) is 23.4 Å². The molecule has 0 aliphatic carbocycles. The van der Waals surface area contributed by atoms with E-state index in [9.17, 15) is 9.59 Å². The summed E-state index contributed by atoms with van der Waals surface area (Å²) in [5.74, 6) is -0.678. The molecule has 0 aliphatic rings. The number of carboxylic acids is 1. The van der Waals surface area contributed by atoms with Gasteiger partial charge >= 0.3 is 11.9 Å². The summed E-state index contributed by atoms with van der Waals surface area (Å²) >= 11 is 0. The highest BCUT2D eigenvalue weighted by atomic mass is 16.5. The van der Waals surface area contributed by atoms with E-state index in [0.717, 1.165) is 12.8 Å². The molecule has 0 spiro atoms. The molecule has 0 fully saturated rings. The molecule has 0 saturated heterocycles. The van der Waals surface area contributed by atoms with Crippen molar-refractivity contribution >= 4 is 11.9 Å². The van der Waals surface area contributed by atoms with Crippen molar-refractivity contribution in [1.29, 1.82) is 0 Å². The second kappa shape index (κ2) is 24.0. The van der Waals surface area contributed by atoms with Gasteiger partial charge in [-0.25, -0.2) is 0 Å². The lowest BCUT2D eigenvalue weighted by molar-refractivity contribution is -0.873. The molecule has 0 amide bonds. The maximum atomic E-state index is 12.2. The van der Waals surface area contributed by atoms with Gasteiger partial charge in [0.2, 0.25) is 0 Å². The van der Waals surface area contributed by atoms with E-state index in [1.54, 1.807) is 0 Å². The summed E-state index contributed by atoms with van der Waals surface area (Å²) in [6.45, 7) is 5.00. The predicted molar refractivity (Wildman–Crippen MR) is 157 cm³/mol. The molecule has 37 heavy (non-hydrogen) atoms. The minimum atomic E-state index is -0.922. The number of likely N-dealkylation sites (N-methyl/N-ethyl adjacent to an activating group) is 1. The predicted octanol–water partition coefficient (Wildman–Crippen LogP) is 8.93. The lowest BCUT2D eigenvalue weighted by Crippen LogP contribution is -2.43. The first-order valence-electron chi connectivity index (χ1n) is 15.9. The number of esters is 1. The molecule has 0 heterocycles. The van der Waals surface area contributed by atoms with Crippen molar-refractivity contribution in [3.05, 3.63) is 0 Å². The Hall–Kier alpha value is -1.10. The standard InChI is InChI=1S/C32H63NO4/c1-6-7-8-9-10-11-12-13-14-15-16-17-18-19-20-21-22-23-24-29(2)25-26-32(36)37-30(27-31(34)35)28-33(3,4)5/h29-30H,6-28H2,1-5H3/p+1. The zero-order valence-electron chi connectivity index (χ0n) is 25.5. The van der Waals surface area contributed by atoms with Gasteiger partial charge in [-0.1, -0.05) is 136 Å². The molecule has 1 N–H and O–H groups in total. The Kier molecular flexibility index (Phi) is 23.3. The highest BCUT2D eigenvalue weighted by molar-refractivity contribution is 5.71. The Morgan fingerprint density at radius 2 is 1.08 bits per heavy atom. The molecule has 0 bridgehead atoms. The Balaban J connectivity index is 3.55. The van der Waals surface area contributed by atoms with E-state index in [4.69, 9.17) is 9.84 Å². The number of carboxylic acid groups (broad SMARTS) is 1. The first kappa shape index (κ1) is 35.9. The molecule has 0 aromatic carbocycles. The number of hydrogen-bond donors (Lipinski definition) is 1. The van der Waals surface area contributed by atoms with Gasteiger partial charge in [0.05, 0.1) is 27.6 Å². The number of nitrogens with zero attached hydrogens (tertiary/aromatic N) is 1. The SMILES string of the molecule is CCCCCCCCCCCCCCCCCCCCC(C)CCC(=O)OC(CC(=O)O)C[N+](C)(C)C. The topological polar surface area (TPSA) is 63.6 Å². The van der Waals surface area contributed by atoms with E-state index < -0.39 is 12.1 Å². The molecule has 0 aromatic rings. The number of carbonyl (C=O) groups is 2. The molecule has 0 aliphatic heterocycles. The van der Waals surface area contributed by atoms with Crippen molar-refractivity contribution < 1.29 is 23.9 Å². The summed E-state index contributed by atoms with van der Waals surface area (Å²) in [6, 6.07) is 0. The van der Waals surface area contributed by atoms with Gasteiger partial charge in [-0.05, 0) is 12.3 Å². The molecule has 5 heteroatoms. The number of carbonyl (C=O) groups excluding carboxylic acids is 1. The van der Waals surface area contributed by atoms with Crippen LogP contribution in [0.1, 0.15) is 155 Å². The van der Waals surface area contributed by atoms with Gasteiger partial charge in [-0.3, -0.25) is 9.59 Å². The highest BCUT2D eigenvalue weighted by Crippen LogP contribution is 2.18. The van der Waals surface area contributed by atoms with Crippen LogP contribution in [0.15, 0.2) is 0 Å². The van der Waals surface area contributed by atoms with Gasteiger partial charge in [-0.15, -0.1) is 0 Å². The monoisotopic (exact) mass is 526 g/mol. The van der Waals surface area contributed by atoms with E-state index in [-0.39, 0.29) is 12.4 Å². The van der Waals surface area contributed by atoms with E-state index >= 15 is 0 Å². The van der Waals surface area contributed by atoms with Gasteiger partial charge in [0.15, 0.2) is 6.10 Å². The molecule has 0 radical (unpaired) electrons. The largest absolute Gasteiger partial charge is 0.481 e. The molecular weight excluding hydrogens is 462 g/mol. The second-order valence-electron chi connectivity index (χ2n) is 12.6. The molecule has 5 nitrogen and oxygen atoms in total. The first-order chi connectivity index (χ1) is 17.6. The molecule has 0 rings (SSSR count). The van der Waals surface area contributed by atoms with E-state index in [1.807, 2.05) is 21.1 Å². The van der Waals surface area contributed by atoms with Crippen molar-refractivity contribution in [2.45, 2.75) is 161 Å². The summed E-state index contributed by atoms with van der Waals surface area (Å²) in [5, 5.41) is 9.09. The zero-order valence-corrected chi connectivity index (χ0v) is 25.5. The minimum absolute atomic E-state index is 0.129. The van der Waals surface area contributed by atoms with Crippen LogP contribution in [0.3, 0.4) is 0 Å². The van der Waals surface area contributed by atoms with Crippen molar-refractivity contribution in [3.63, 3.8) is 0 Å². The lowest BCUT2D eigenvalue weighted by atomic mass is 9.97. The zero-order chi connectivity index (χ0) is 27.8. The average Bonchev–Trinajstić information content (AvgIpc) is 2.80. The quantitative estimate of drug-likeness (QED) is 0.0659. The smallest absolute Gasteiger partial charge is 0.307 e. The van der Waals surface area contributed by atoms with E-state index in [1.165, 1.54) is 116 Å². The third kappa shape index (κ3) is 27.7. The molecular formula is C32H64NO4+. The fourth-order valence-corrected chi connectivity index (χ4v) is 5.10. The lowest BCUT2D eigenvalue weighted by Gasteiger charge is -2.28. The van der Waals surface area contributed by atoms with Crippen LogP contribution < -0.4 is 0 Å². The maximum absolute atomic E-state index is 12.2. The van der Waals surface area contributed by atoms with Crippen LogP contribution in [0.25, 0.3) is 0 Å². The van der Waals surface area contributed by atoms with Crippen LogP contribution in [0.2, 0.25) is 0 Å². The molecule has 220 valence electrons. The number of ether oxygens (including phenoxy) is 1. The molecule has 2 atom stereocenters. The highest BCUT2D eigenvalue weighted by Gasteiger charge is 2.24. The Labute approximate surface area is 230 Å². The van der Waals surface area contributed by atoms with Gasteiger partial charge in [0.25, 0.3) is 0 Å². The van der Waals surface area contributed by atoms with Crippen molar-refractivity contribution in [1.82, 2.24) is 0 Å². The minimum Gasteiger partial charge on any atom is -0.481 e. The normalized spacial score (nSPS) is 13.4. The average molecular weight is 527 g/mol. The summed E-state index contributed by atoms with van der Waals surface area (Å²) in [6.07, 6.45) is 26.8.